The van der Waals surface area contributed by atoms with E-state index < -0.39 is 5.97 Å². The largest absolute Gasteiger partial charge is 0.481 e. The summed E-state index contributed by atoms with van der Waals surface area (Å²) in [5.74, 6) is 1.82. The van der Waals surface area contributed by atoms with E-state index in [4.69, 9.17) is 0 Å². The van der Waals surface area contributed by atoms with E-state index in [1.807, 2.05) is 6.08 Å². The molecule has 2 N–H and O–H groups in total. The molecular formula is C27H42O4. The first kappa shape index (κ1) is 23.0. The Bertz CT molecular complexity index is 731. The van der Waals surface area contributed by atoms with Crippen molar-refractivity contribution < 1.29 is 19.8 Å². The number of aliphatic hydroxyl groups excluding tert-OH is 1. The lowest BCUT2D eigenvalue weighted by Crippen LogP contribution is -2.60. The highest BCUT2D eigenvalue weighted by Crippen LogP contribution is 2.68. The van der Waals surface area contributed by atoms with Crippen LogP contribution < -0.4 is 0 Å². The molecule has 4 heteroatoms. The van der Waals surface area contributed by atoms with Gasteiger partial charge in [0.25, 0.3) is 0 Å². The first-order chi connectivity index (χ1) is 14.7. The van der Waals surface area contributed by atoms with Crippen LogP contribution in [0.25, 0.3) is 0 Å². The molecule has 0 saturated heterocycles. The molecule has 10 atom stereocenters. The molecule has 0 spiro atoms. The van der Waals surface area contributed by atoms with Gasteiger partial charge in [0.1, 0.15) is 5.78 Å². The van der Waals surface area contributed by atoms with Crippen LogP contribution in [0.5, 0.6) is 0 Å². The lowest BCUT2D eigenvalue weighted by atomic mass is 9.42. The zero-order valence-corrected chi connectivity index (χ0v) is 19.7. The third-order valence-electron chi connectivity index (χ3n) is 10.7. The highest BCUT2D eigenvalue weighted by atomic mass is 16.4. The van der Waals surface area contributed by atoms with Crippen molar-refractivity contribution in [2.24, 2.45) is 52.3 Å². The van der Waals surface area contributed by atoms with Gasteiger partial charge in [-0.3, -0.25) is 9.59 Å². The minimum atomic E-state index is -0.734. The molecule has 0 bridgehead atoms. The molecule has 0 heterocycles. The predicted octanol–water partition coefficient (Wildman–Crippen LogP) is 5.49. The second-order valence-corrected chi connectivity index (χ2v) is 11.8. The molecule has 0 aromatic heterocycles. The van der Waals surface area contributed by atoms with Crippen LogP contribution in [-0.4, -0.2) is 28.1 Å². The van der Waals surface area contributed by atoms with Crippen LogP contribution in [0, 0.1) is 52.3 Å². The van der Waals surface area contributed by atoms with Crippen molar-refractivity contribution in [2.75, 3.05) is 0 Å². The van der Waals surface area contributed by atoms with Crippen molar-refractivity contribution in [3.8, 4) is 0 Å². The Morgan fingerprint density at radius 1 is 1.13 bits per heavy atom. The first-order valence-electron chi connectivity index (χ1n) is 12.7. The number of carboxylic acid groups (broad SMARTS) is 1. The Morgan fingerprint density at radius 2 is 1.81 bits per heavy atom. The van der Waals surface area contributed by atoms with Crippen molar-refractivity contribution in [3.05, 3.63) is 12.7 Å². The summed E-state index contributed by atoms with van der Waals surface area (Å²) in [4.78, 5) is 25.2. The summed E-state index contributed by atoms with van der Waals surface area (Å²) < 4.78 is 0. The van der Waals surface area contributed by atoms with Crippen molar-refractivity contribution in [2.45, 2.75) is 91.1 Å². The van der Waals surface area contributed by atoms with E-state index in [2.05, 4.69) is 27.4 Å². The standard InChI is InChI=1S/C27H42O4/c1-5-16(7-10-23(29)30)19-8-9-20-24-21(12-14-26(19,20)3)27(4)13-11-17(28)15-22(27)18(6-2)25(24)31/h5,16-22,24,28H,1,6-15H2,2-4H3,(H,29,30)/t16-,17-,18-,19-,20?,21?,22?,24?,26-,27-/m1/s1. The highest BCUT2D eigenvalue weighted by Gasteiger charge is 2.65. The molecule has 31 heavy (non-hydrogen) atoms. The number of allylic oxidation sites excluding steroid dienone is 1. The number of aliphatic hydroxyl groups is 1. The molecule has 0 amide bonds. The zero-order chi connectivity index (χ0) is 22.6. The number of carboxylic acids is 1. The maximum Gasteiger partial charge on any atom is 0.303 e. The molecule has 4 rings (SSSR count). The molecule has 4 fully saturated rings. The Labute approximate surface area is 187 Å². The number of Topliss-reactive ketones (excluding diaryl/α,β-unsaturated/α-hetero) is 1. The van der Waals surface area contributed by atoms with E-state index in [-0.39, 0.29) is 41.1 Å². The monoisotopic (exact) mass is 430 g/mol. The average molecular weight is 431 g/mol. The average Bonchev–Trinajstić information content (AvgIpc) is 3.07. The quantitative estimate of drug-likeness (QED) is 0.547. The fraction of sp³-hybridized carbons (Fsp3) is 0.852. The normalized spacial score (nSPS) is 47.7. The lowest BCUT2D eigenvalue weighted by molar-refractivity contribution is -0.173. The molecule has 4 unspecified atom stereocenters. The number of hydrogen-bond acceptors (Lipinski definition) is 3. The van der Waals surface area contributed by atoms with Crippen molar-refractivity contribution in [3.63, 3.8) is 0 Å². The molecule has 4 aliphatic rings. The van der Waals surface area contributed by atoms with Gasteiger partial charge in [-0.1, -0.05) is 26.8 Å². The summed E-state index contributed by atoms with van der Waals surface area (Å²) in [6.45, 7) is 11.1. The van der Waals surface area contributed by atoms with Gasteiger partial charge in [-0.15, -0.1) is 6.58 Å². The predicted molar refractivity (Wildman–Crippen MR) is 121 cm³/mol. The maximum absolute atomic E-state index is 14.0. The van der Waals surface area contributed by atoms with Crippen LogP contribution in [-0.2, 0) is 9.59 Å². The summed E-state index contributed by atoms with van der Waals surface area (Å²) >= 11 is 0. The topological polar surface area (TPSA) is 74.6 Å². The van der Waals surface area contributed by atoms with Crippen LogP contribution in [0.3, 0.4) is 0 Å². The molecule has 4 saturated carbocycles. The van der Waals surface area contributed by atoms with E-state index in [9.17, 15) is 19.8 Å². The SMILES string of the molecule is C=C[C@H](CCC(=O)O)[C@H]1CCC2C3C(=O)[C@H](CC)C4C[C@H](O)CC[C@]4(C)C3CC[C@@]21C. The van der Waals surface area contributed by atoms with Crippen molar-refractivity contribution in [1.29, 1.82) is 0 Å². The minimum absolute atomic E-state index is 0.0878. The Balaban J connectivity index is 1.64. The third kappa shape index (κ3) is 3.52. The van der Waals surface area contributed by atoms with Crippen LogP contribution in [0.4, 0.5) is 0 Å². The van der Waals surface area contributed by atoms with Gasteiger partial charge in [0, 0.05) is 18.3 Å². The van der Waals surface area contributed by atoms with Gasteiger partial charge in [0.2, 0.25) is 0 Å². The summed E-state index contributed by atoms with van der Waals surface area (Å²) in [7, 11) is 0. The Morgan fingerprint density at radius 3 is 2.45 bits per heavy atom. The maximum atomic E-state index is 14.0. The van der Waals surface area contributed by atoms with Gasteiger partial charge in [0.05, 0.1) is 6.10 Å². The van der Waals surface area contributed by atoms with Crippen molar-refractivity contribution in [1.82, 2.24) is 0 Å². The van der Waals surface area contributed by atoms with Crippen LogP contribution in [0.2, 0.25) is 0 Å². The number of aliphatic carboxylic acids is 1. The van der Waals surface area contributed by atoms with Gasteiger partial charge >= 0.3 is 5.97 Å². The van der Waals surface area contributed by atoms with Gasteiger partial charge < -0.3 is 10.2 Å². The molecule has 0 aliphatic heterocycles. The van der Waals surface area contributed by atoms with Gasteiger partial charge in [-0.2, -0.15) is 0 Å². The number of fused-ring (bicyclic) bond motifs is 5. The lowest BCUT2D eigenvalue weighted by Gasteiger charge is -2.62. The highest BCUT2D eigenvalue weighted by molar-refractivity contribution is 5.86. The van der Waals surface area contributed by atoms with E-state index in [0.717, 1.165) is 51.4 Å². The van der Waals surface area contributed by atoms with Crippen molar-refractivity contribution >= 4 is 11.8 Å². The van der Waals surface area contributed by atoms with E-state index in [1.165, 1.54) is 0 Å². The third-order valence-corrected chi connectivity index (χ3v) is 10.7. The van der Waals surface area contributed by atoms with Gasteiger partial charge in [-0.05, 0) is 98.2 Å². The molecule has 0 radical (unpaired) electrons. The second-order valence-electron chi connectivity index (χ2n) is 11.8. The fourth-order valence-corrected chi connectivity index (χ4v) is 9.15. The summed E-state index contributed by atoms with van der Waals surface area (Å²) in [5.41, 5.74) is 0.267. The van der Waals surface area contributed by atoms with E-state index in [0.29, 0.717) is 35.9 Å². The molecular weight excluding hydrogens is 388 g/mol. The van der Waals surface area contributed by atoms with Crippen LogP contribution in [0.15, 0.2) is 12.7 Å². The number of hydrogen-bond donors (Lipinski definition) is 2. The molecule has 4 aliphatic carbocycles. The van der Waals surface area contributed by atoms with Gasteiger partial charge in [-0.25, -0.2) is 0 Å². The Kier molecular flexibility index (Phi) is 6.17. The van der Waals surface area contributed by atoms with E-state index >= 15 is 0 Å². The first-order valence-corrected chi connectivity index (χ1v) is 12.7. The molecule has 174 valence electrons. The second kappa shape index (κ2) is 8.32. The number of carbonyl (C=O) groups is 2. The molecule has 0 aromatic rings. The molecule has 0 aromatic carbocycles. The smallest absolute Gasteiger partial charge is 0.303 e. The summed E-state index contributed by atoms with van der Waals surface area (Å²) in [6.07, 6.45) is 10.6. The van der Waals surface area contributed by atoms with Gasteiger partial charge in [0.15, 0.2) is 0 Å². The van der Waals surface area contributed by atoms with Crippen LogP contribution >= 0.6 is 0 Å². The number of rotatable bonds is 6. The summed E-state index contributed by atoms with van der Waals surface area (Å²) in [6, 6.07) is 0. The van der Waals surface area contributed by atoms with E-state index in [1.54, 1.807) is 0 Å². The number of ketones is 1. The fourth-order valence-electron chi connectivity index (χ4n) is 9.15. The number of carbonyl (C=O) groups excluding carboxylic acids is 1. The van der Waals surface area contributed by atoms with Crippen LogP contribution in [0.1, 0.15) is 85.0 Å². The zero-order valence-electron chi connectivity index (χ0n) is 19.7. The summed E-state index contributed by atoms with van der Waals surface area (Å²) in [5, 5.41) is 19.6. The minimum Gasteiger partial charge on any atom is -0.481 e. The Hall–Kier alpha value is -1.16. The molecule has 4 nitrogen and oxygen atoms in total.